The highest BCUT2D eigenvalue weighted by Gasteiger charge is 2.40. The van der Waals surface area contributed by atoms with Crippen LogP contribution in [0.25, 0.3) is 0 Å². The molecule has 110 valence electrons. The number of likely N-dealkylation sites (N-methyl/N-ethyl adjacent to an activating group) is 1. The first-order valence-electron chi connectivity index (χ1n) is 7.44. The Morgan fingerprint density at radius 1 is 1.35 bits per heavy atom. The van der Waals surface area contributed by atoms with Crippen LogP contribution in [0.5, 0.6) is 0 Å². The van der Waals surface area contributed by atoms with E-state index in [9.17, 15) is 9.90 Å². The minimum atomic E-state index is -0.623. The zero-order valence-electron chi connectivity index (χ0n) is 12.2. The second-order valence-electron chi connectivity index (χ2n) is 5.96. The second-order valence-corrected chi connectivity index (χ2v) is 5.96. The van der Waals surface area contributed by atoms with E-state index in [-0.39, 0.29) is 0 Å². The van der Waals surface area contributed by atoms with Gasteiger partial charge in [0.1, 0.15) is 0 Å². The molecule has 1 N–H and O–H groups in total. The Kier molecular flexibility index (Phi) is 5.12. The van der Waals surface area contributed by atoms with Gasteiger partial charge in [-0.25, -0.2) is 0 Å². The maximum absolute atomic E-state index is 11.6. The number of carbonyl (C=O) groups is 1. The molecular weight excluding hydrogens is 252 g/mol. The highest BCUT2D eigenvalue weighted by Crippen LogP contribution is 2.37. The van der Waals surface area contributed by atoms with Gasteiger partial charge in [-0.15, -0.1) is 0 Å². The summed E-state index contributed by atoms with van der Waals surface area (Å²) in [6.07, 6.45) is 7.56. The van der Waals surface area contributed by atoms with Crippen molar-refractivity contribution in [3.05, 3.63) is 30.1 Å². The molecule has 0 saturated heterocycles. The molecule has 1 aromatic rings. The fraction of sp³-hybridized carbons (Fsp3) is 0.625. The molecule has 0 spiro atoms. The Hall–Kier alpha value is -1.42. The van der Waals surface area contributed by atoms with Crippen molar-refractivity contribution in [1.82, 2.24) is 9.88 Å². The standard InChI is InChI=1S/C16H24N2O2/c1-18(12-8-14-7-3-6-11-17-14)13-16(15(19)20)9-4-2-5-10-16/h3,6-7,11H,2,4-5,8-10,12-13H2,1H3,(H,19,20). The SMILES string of the molecule is CN(CCc1ccccn1)CC1(C(=O)O)CCCCC1. The topological polar surface area (TPSA) is 53.4 Å². The molecule has 1 saturated carbocycles. The smallest absolute Gasteiger partial charge is 0.310 e. The molecule has 4 nitrogen and oxygen atoms in total. The lowest BCUT2D eigenvalue weighted by molar-refractivity contribution is -0.152. The zero-order chi connectivity index (χ0) is 14.4. The van der Waals surface area contributed by atoms with E-state index in [0.717, 1.165) is 44.3 Å². The number of carboxylic acid groups (broad SMARTS) is 1. The van der Waals surface area contributed by atoms with Gasteiger partial charge >= 0.3 is 5.97 Å². The van der Waals surface area contributed by atoms with Crippen molar-refractivity contribution in [2.45, 2.75) is 38.5 Å². The first-order valence-corrected chi connectivity index (χ1v) is 7.44. The predicted molar refractivity (Wildman–Crippen MR) is 78.6 cm³/mol. The van der Waals surface area contributed by atoms with E-state index in [0.29, 0.717) is 6.54 Å². The van der Waals surface area contributed by atoms with E-state index < -0.39 is 11.4 Å². The molecule has 20 heavy (non-hydrogen) atoms. The number of aromatic nitrogens is 1. The highest BCUT2D eigenvalue weighted by atomic mass is 16.4. The van der Waals surface area contributed by atoms with Crippen LogP contribution in [0.15, 0.2) is 24.4 Å². The van der Waals surface area contributed by atoms with Crippen molar-refractivity contribution in [3.8, 4) is 0 Å². The van der Waals surface area contributed by atoms with Crippen molar-refractivity contribution in [2.75, 3.05) is 20.1 Å². The van der Waals surface area contributed by atoms with Gasteiger partial charge in [-0.1, -0.05) is 25.3 Å². The second kappa shape index (κ2) is 6.84. The minimum absolute atomic E-state index is 0.531. The molecule has 0 atom stereocenters. The summed E-state index contributed by atoms with van der Waals surface area (Å²) in [5.41, 5.74) is 0.532. The average Bonchev–Trinajstić information content (AvgIpc) is 2.47. The van der Waals surface area contributed by atoms with Crippen molar-refractivity contribution in [3.63, 3.8) is 0 Å². The Balaban J connectivity index is 1.88. The number of hydrogen-bond donors (Lipinski definition) is 1. The van der Waals surface area contributed by atoms with Crippen molar-refractivity contribution in [1.29, 1.82) is 0 Å². The van der Waals surface area contributed by atoms with Gasteiger partial charge in [-0.05, 0) is 32.0 Å². The van der Waals surface area contributed by atoms with E-state index in [4.69, 9.17) is 0 Å². The minimum Gasteiger partial charge on any atom is -0.481 e. The zero-order valence-corrected chi connectivity index (χ0v) is 12.2. The lowest BCUT2D eigenvalue weighted by atomic mass is 9.73. The Labute approximate surface area is 120 Å². The third-order valence-corrected chi connectivity index (χ3v) is 4.31. The number of rotatable bonds is 6. The quantitative estimate of drug-likeness (QED) is 0.867. The third-order valence-electron chi connectivity index (χ3n) is 4.31. The summed E-state index contributed by atoms with van der Waals surface area (Å²) in [6.45, 7) is 1.50. The summed E-state index contributed by atoms with van der Waals surface area (Å²) in [5.74, 6) is -0.623. The number of aliphatic carboxylic acids is 1. The third kappa shape index (κ3) is 3.79. The number of carboxylic acids is 1. The largest absolute Gasteiger partial charge is 0.481 e. The van der Waals surface area contributed by atoms with Gasteiger partial charge in [0.2, 0.25) is 0 Å². The first kappa shape index (κ1) is 15.0. The molecule has 0 bridgehead atoms. The molecule has 1 aliphatic carbocycles. The van der Waals surface area contributed by atoms with Gasteiger partial charge in [0, 0.05) is 31.4 Å². The molecule has 0 amide bonds. The summed E-state index contributed by atoms with van der Waals surface area (Å²) in [5, 5.41) is 9.58. The van der Waals surface area contributed by atoms with E-state index in [2.05, 4.69) is 9.88 Å². The maximum Gasteiger partial charge on any atom is 0.310 e. The first-order chi connectivity index (χ1) is 9.62. The summed E-state index contributed by atoms with van der Waals surface area (Å²) in [6, 6.07) is 5.91. The van der Waals surface area contributed by atoms with Gasteiger partial charge in [0.25, 0.3) is 0 Å². The summed E-state index contributed by atoms with van der Waals surface area (Å²) >= 11 is 0. The summed E-state index contributed by atoms with van der Waals surface area (Å²) < 4.78 is 0. The molecule has 0 aromatic carbocycles. The number of hydrogen-bond acceptors (Lipinski definition) is 3. The van der Waals surface area contributed by atoms with Crippen LogP contribution in [0.4, 0.5) is 0 Å². The molecule has 1 aliphatic rings. The summed E-state index contributed by atoms with van der Waals surface area (Å²) in [4.78, 5) is 18.1. The van der Waals surface area contributed by atoms with E-state index in [1.54, 1.807) is 6.20 Å². The monoisotopic (exact) mass is 276 g/mol. The van der Waals surface area contributed by atoms with Crippen LogP contribution in [0.1, 0.15) is 37.8 Å². The normalized spacial score (nSPS) is 18.1. The maximum atomic E-state index is 11.6. The molecule has 0 unspecified atom stereocenters. The lowest BCUT2D eigenvalue weighted by Gasteiger charge is -2.36. The van der Waals surface area contributed by atoms with Crippen LogP contribution in [-0.2, 0) is 11.2 Å². The molecule has 4 heteroatoms. The highest BCUT2D eigenvalue weighted by molar-refractivity contribution is 5.75. The molecule has 2 rings (SSSR count). The molecule has 1 heterocycles. The van der Waals surface area contributed by atoms with Crippen LogP contribution < -0.4 is 0 Å². The van der Waals surface area contributed by atoms with Crippen LogP contribution in [0.3, 0.4) is 0 Å². The predicted octanol–water partition coefficient (Wildman–Crippen LogP) is 2.59. The van der Waals surface area contributed by atoms with Gasteiger partial charge in [0.05, 0.1) is 5.41 Å². The number of nitrogens with zero attached hydrogens (tertiary/aromatic N) is 2. The van der Waals surface area contributed by atoms with E-state index in [1.807, 2.05) is 25.2 Å². The van der Waals surface area contributed by atoms with Crippen LogP contribution >= 0.6 is 0 Å². The van der Waals surface area contributed by atoms with E-state index >= 15 is 0 Å². The average molecular weight is 276 g/mol. The van der Waals surface area contributed by atoms with Crippen LogP contribution in [-0.4, -0.2) is 41.1 Å². The Morgan fingerprint density at radius 3 is 2.70 bits per heavy atom. The van der Waals surface area contributed by atoms with Crippen molar-refractivity contribution in [2.24, 2.45) is 5.41 Å². The molecule has 1 aromatic heterocycles. The fourth-order valence-electron chi connectivity index (χ4n) is 3.12. The van der Waals surface area contributed by atoms with Gasteiger partial charge < -0.3 is 10.0 Å². The van der Waals surface area contributed by atoms with Crippen molar-refractivity contribution >= 4 is 5.97 Å². The molecule has 0 radical (unpaired) electrons. The van der Waals surface area contributed by atoms with E-state index in [1.165, 1.54) is 6.42 Å². The Bertz CT molecular complexity index is 427. The fourth-order valence-corrected chi connectivity index (χ4v) is 3.12. The molecular formula is C16H24N2O2. The lowest BCUT2D eigenvalue weighted by Crippen LogP contribution is -2.43. The molecule has 1 fully saturated rings. The summed E-state index contributed by atoms with van der Waals surface area (Å²) in [7, 11) is 2.02. The van der Waals surface area contributed by atoms with Crippen LogP contribution in [0, 0.1) is 5.41 Å². The van der Waals surface area contributed by atoms with Gasteiger partial charge in [0.15, 0.2) is 0 Å². The van der Waals surface area contributed by atoms with Gasteiger partial charge in [-0.3, -0.25) is 9.78 Å². The van der Waals surface area contributed by atoms with Gasteiger partial charge in [-0.2, -0.15) is 0 Å². The number of pyridine rings is 1. The van der Waals surface area contributed by atoms with Crippen LogP contribution in [0.2, 0.25) is 0 Å². The Morgan fingerprint density at radius 2 is 2.10 bits per heavy atom. The molecule has 0 aliphatic heterocycles. The van der Waals surface area contributed by atoms with Crippen molar-refractivity contribution < 1.29 is 9.90 Å².